The lowest BCUT2D eigenvalue weighted by atomic mass is 10.3. The van der Waals surface area contributed by atoms with Crippen molar-refractivity contribution in [3.05, 3.63) is 50.9 Å². The summed E-state index contributed by atoms with van der Waals surface area (Å²) in [6.07, 6.45) is 1.40. The monoisotopic (exact) mass is 348 g/mol. The summed E-state index contributed by atoms with van der Waals surface area (Å²) in [6, 6.07) is 8.80. The van der Waals surface area contributed by atoms with Gasteiger partial charge in [-0.3, -0.25) is 0 Å². The standard InChI is InChI=1S/C11H7ClFIN2/c12-7-5-10(13)11(15-6-7)16-9-3-1-8(14)2-4-9/h1-6H,(H,15,16). The van der Waals surface area contributed by atoms with Gasteiger partial charge in [0.05, 0.1) is 5.02 Å². The van der Waals surface area contributed by atoms with Gasteiger partial charge in [-0.05, 0) is 52.9 Å². The van der Waals surface area contributed by atoms with Crippen LogP contribution in [0.1, 0.15) is 0 Å². The van der Waals surface area contributed by atoms with Crippen molar-refractivity contribution in [3.8, 4) is 0 Å². The Balaban J connectivity index is 2.23. The summed E-state index contributed by atoms with van der Waals surface area (Å²) in [4.78, 5) is 3.88. The summed E-state index contributed by atoms with van der Waals surface area (Å²) in [5.74, 6) is -0.295. The van der Waals surface area contributed by atoms with Crippen molar-refractivity contribution in [2.75, 3.05) is 5.32 Å². The smallest absolute Gasteiger partial charge is 0.167 e. The fourth-order valence-corrected chi connectivity index (χ4v) is 1.68. The van der Waals surface area contributed by atoms with Gasteiger partial charge in [0.2, 0.25) is 0 Å². The number of halogens is 3. The third kappa shape index (κ3) is 2.82. The van der Waals surface area contributed by atoms with Crippen molar-refractivity contribution < 1.29 is 4.39 Å². The topological polar surface area (TPSA) is 24.9 Å². The largest absolute Gasteiger partial charge is 0.338 e. The number of hydrogen-bond acceptors (Lipinski definition) is 2. The SMILES string of the molecule is Fc1cc(Cl)cnc1Nc1ccc(I)cc1. The summed E-state index contributed by atoms with van der Waals surface area (Å²) in [7, 11) is 0. The second-order valence-electron chi connectivity index (χ2n) is 3.12. The molecule has 0 radical (unpaired) electrons. The van der Waals surface area contributed by atoms with E-state index in [0.29, 0.717) is 0 Å². The van der Waals surface area contributed by atoms with Gasteiger partial charge in [0.1, 0.15) is 0 Å². The maximum Gasteiger partial charge on any atom is 0.167 e. The summed E-state index contributed by atoms with van der Waals surface area (Å²) in [5, 5.41) is 3.16. The molecule has 0 saturated carbocycles. The average Bonchev–Trinajstić information content (AvgIpc) is 2.25. The normalized spacial score (nSPS) is 10.2. The molecule has 82 valence electrons. The van der Waals surface area contributed by atoms with Crippen LogP contribution in [-0.2, 0) is 0 Å². The third-order valence-corrected chi connectivity index (χ3v) is 2.84. The van der Waals surface area contributed by atoms with E-state index in [1.807, 2.05) is 24.3 Å². The van der Waals surface area contributed by atoms with Crippen LogP contribution in [0.25, 0.3) is 0 Å². The molecule has 1 N–H and O–H groups in total. The van der Waals surface area contributed by atoms with Gasteiger partial charge in [-0.15, -0.1) is 0 Å². The first-order chi connectivity index (χ1) is 7.65. The maximum absolute atomic E-state index is 13.4. The highest BCUT2D eigenvalue weighted by atomic mass is 127. The Morgan fingerprint density at radius 3 is 2.56 bits per heavy atom. The van der Waals surface area contributed by atoms with Crippen molar-refractivity contribution in [1.29, 1.82) is 0 Å². The van der Waals surface area contributed by atoms with Gasteiger partial charge >= 0.3 is 0 Å². The number of anilines is 2. The second-order valence-corrected chi connectivity index (χ2v) is 4.80. The molecule has 0 spiro atoms. The molecule has 0 bridgehead atoms. The Morgan fingerprint density at radius 1 is 1.25 bits per heavy atom. The van der Waals surface area contributed by atoms with Crippen LogP contribution >= 0.6 is 34.2 Å². The molecular formula is C11H7ClFIN2. The highest BCUT2D eigenvalue weighted by Crippen LogP contribution is 2.20. The van der Waals surface area contributed by atoms with E-state index >= 15 is 0 Å². The molecule has 1 aromatic heterocycles. The van der Waals surface area contributed by atoms with Gasteiger partial charge in [0.15, 0.2) is 11.6 Å². The lowest BCUT2D eigenvalue weighted by Crippen LogP contribution is -1.96. The van der Waals surface area contributed by atoms with Gasteiger partial charge < -0.3 is 5.32 Å². The van der Waals surface area contributed by atoms with E-state index in [0.717, 1.165) is 9.26 Å². The highest BCUT2D eigenvalue weighted by Gasteiger charge is 2.04. The quantitative estimate of drug-likeness (QED) is 0.822. The number of pyridine rings is 1. The molecule has 5 heteroatoms. The molecule has 0 amide bonds. The molecule has 2 nitrogen and oxygen atoms in total. The maximum atomic E-state index is 13.4. The van der Waals surface area contributed by atoms with Gasteiger partial charge in [0, 0.05) is 15.5 Å². The summed E-state index contributed by atoms with van der Waals surface area (Å²) >= 11 is 7.81. The van der Waals surface area contributed by atoms with E-state index in [1.165, 1.54) is 12.3 Å². The van der Waals surface area contributed by atoms with E-state index in [-0.39, 0.29) is 10.8 Å². The van der Waals surface area contributed by atoms with Crippen LogP contribution in [0.2, 0.25) is 5.02 Å². The van der Waals surface area contributed by atoms with Crippen LogP contribution in [0.4, 0.5) is 15.9 Å². The van der Waals surface area contributed by atoms with Crippen LogP contribution in [0, 0.1) is 9.39 Å². The van der Waals surface area contributed by atoms with Gasteiger partial charge in [-0.1, -0.05) is 11.6 Å². The van der Waals surface area contributed by atoms with Crippen molar-refractivity contribution in [3.63, 3.8) is 0 Å². The van der Waals surface area contributed by atoms with E-state index in [9.17, 15) is 4.39 Å². The van der Waals surface area contributed by atoms with E-state index in [4.69, 9.17) is 11.6 Å². The predicted octanol–water partition coefficient (Wildman–Crippen LogP) is 4.22. The van der Waals surface area contributed by atoms with Crippen LogP contribution < -0.4 is 5.32 Å². The number of nitrogens with zero attached hydrogens (tertiary/aromatic N) is 1. The van der Waals surface area contributed by atoms with Gasteiger partial charge in [-0.25, -0.2) is 9.37 Å². The molecule has 0 atom stereocenters. The average molecular weight is 349 g/mol. The molecule has 1 aromatic carbocycles. The lowest BCUT2D eigenvalue weighted by molar-refractivity contribution is 0.626. The molecule has 0 unspecified atom stereocenters. The minimum Gasteiger partial charge on any atom is -0.338 e. The fourth-order valence-electron chi connectivity index (χ4n) is 1.18. The van der Waals surface area contributed by atoms with Crippen LogP contribution in [-0.4, -0.2) is 4.98 Å². The molecule has 16 heavy (non-hydrogen) atoms. The number of hydrogen-bond donors (Lipinski definition) is 1. The summed E-state index contributed by atoms with van der Waals surface area (Å²) < 4.78 is 14.5. The van der Waals surface area contributed by atoms with Gasteiger partial charge in [-0.2, -0.15) is 0 Å². The number of aromatic nitrogens is 1. The van der Waals surface area contributed by atoms with Crippen molar-refractivity contribution >= 4 is 45.7 Å². The Bertz CT molecular complexity index is 502. The van der Waals surface area contributed by atoms with Gasteiger partial charge in [0.25, 0.3) is 0 Å². The Hall–Kier alpha value is -0.880. The lowest BCUT2D eigenvalue weighted by Gasteiger charge is -2.06. The first kappa shape index (κ1) is 11.6. The van der Waals surface area contributed by atoms with Crippen LogP contribution in [0.5, 0.6) is 0 Å². The Kier molecular flexibility index (Phi) is 3.60. The molecule has 0 aliphatic heterocycles. The molecule has 1 heterocycles. The van der Waals surface area contributed by atoms with Crippen molar-refractivity contribution in [2.24, 2.45) is 0 Å². The minimum atomic E-state index is -0.467. The fraction of sp³-hybridized carbons (Fsp3) is 0. The minimum absolute atomic E-state index is 0.172. The summed E-state index contributed by atoms with van der Waals surface area (Å²) in [5.41, 5.74) is 0.786. The molecule has 0 aliphatic carbocycles. The Morgan fingerprint density at radius 2 is 1.94 bits per heavy atom. The zero-order chi connectivity index (χ0) is 11.5. The molecule has 0 saturated heterocycles. The zero-order valence-electron chi connectivity index (χ0n) is 8.05. The second kappa shape index (κ2) is 4.97. The first-order valence-corrected chi connectivity index (χ1v) is 5.94. The number of benzene rings is 1. The molecular weight excluding hydrogens is 341 g/mol. The van der Waals surface area contributed by atoms with E-state index in [2.05, 4.69) is 32.9 Å². The van der Waals surface area contributed by atoms with E-state index in [1.54, 1.807) is 0 Å². The van der Waals surface area contributed by atoms with Crippen LogP contribution in [0.15, 0.2) is 36.5 Å². The van der Waals surface area contributed by atoms with Crippen molar-refractivity contribution in [1.82, 2.24) is 4.98 Å². The molecule has 0 fully saturated rings. The number of rotatable bonds is 2. The molecule has 2 aromatic rings. The first-order valence-electron chi connectivity index (χ1n) is 4.49. The molecule has 2 rings (SSSR count). The highest BCUT2D eigenvalue weighted by molar-refractivity contribution is 14.1. The predicted molar refractivity (Wildman–Crippen MR) is 71.6 cm³/mol. The molecule has 0 aliphatic rings. The van der Waals surface area contributed by atoms with Crippen molar-refractivity contribution in [2.45, 2.75) is 0 Å². The third-order valence-electron chi connectivity index (χ3n) is 1.91. The Labute approximate surface area is 111 Å². The summed E-state index contributed by atoms with van der Waals surface area (Å²) in [6.45, 7) is 0. The zero-order valence-corrected chi connectivity index (χ0v) is 11.0. The van der Waals surface area contributed by atoms with Crippen LogP contribution in [0.3, 0.4) is 0 Å². The number of nitrogens with one attached hydrogen (secondary N) is 1. The van der Waals surface area contributed by atoms with E-state index < -0.39 is 5.82 Å².